The number of benzene rings is 1. The Morgan fingerprint density at radius 3 is 2.62 bits per heavy atom. The van der Waals surface area contributed by atoms with Crippen LogP contribution in [-0.2, 0) is 4.74 Å². The lowest BCUT2D eigenvalue weighted by Gasteiger charge is -2.42. The zero-order chi connectivity index (χ0) is 18.8. The summed E-state index contributed by atoms with van der Waals surface area (Å²) in [5, 5.41) is 50.6. The minimum Gasteiger partial charge on any atom is -0.396 e. The molecule has 5 unspecified atom stereocenters. The number of rotatable bonds is 6. The Hall–Kier alpha value is -2.41. The molecular formula is C14H17FN4O7. The maximum absolute atomic E-state index is 13.0. The summed E-state index contributed by atoms with van der Waals surface area (Å²) in [7, 11) is 0. The van der Waals surface area contributed by atoms with Crippen LogP contribution in [0.15, 0.2) is 16.8 Å². The van der Waals surface area contributed by atoms with Crippen LogP contribution in [0.5, 0.6) is 0 Å². The first-order valence-corrected chi connectivity index (χ1v) is 7.82. The fraction of sp³-hybridized carbons (Fsp3) is 0.571. The molecule has 0 aliphatic carbocycles. The van der Waals surface area contributed by atoms with Crippen molar-refractivity contribution in [1.82, 2.24) is 10.3 Å². The Labute approximate surface area is 145 Å². The number of aliphatic hydroxyl groups excluding tert-OH is 3. The SMILES string of the molecule is O=[N+]([O-])c1ccc(NC2C(CCO)OC(CF)C(O)C2O)c2nonc12. The lowest BCUT2D eigenvalue weighted by atomic mass is 9.91. The third-order valence-electron chi connectivity index (χ3n) is 4.33. The van der Waals surface area contributed by atoms with Crippen LogP contribution >= 0.6 is 0 Å². The van der Waals surface area contributed by atoms with E-state index in [4.69, 9.17) is 4.74 Å². The molecule has 4 N–H and O–H groups in total. The van der Waals surface area contributed by atoms with Gasteiger partial charge in [0.15, 0.2) is 5.52 Å². The molecule has 0 bridgehead atoms. The molecule has 142 valence electrons. The molecule has 1 saturated heterocycles. The highest BCUT2D eigenvalue weighted by molar-refractivity contribution is 5.93. The number of halogens is 1. The molecule has 11 nitrogen and oxygen atoms in total. The first-order chi connectivity index (χ1) is 12.5. The van der Waals surface area contributed by atoms with E-state index in [9.17, 15) is 29.8 Å². The predicted molar refractivity (Wildman–Crippen MR) is 84.2 cm³/mol. The fourth-order valence-electron chi connectivity index (χ4n) is 3.02. The van der Waals surface area contributed by atoms with E-state index < -0.39 is 42.1 Å². The summed E-state index contributed by atoms with van der Waals surface area (Å²) in [6.45, 7) is -1.28. The molecular weight excluding hydrogens is 355 g/mol. The second-order valence-electron chi connectivity index (χ2n) is 5.88. The Bertz CT molecular complexity index is 788. The standard InChI is InChI=1S/C14H17FN4O7/c15-5-9-13(21)14(22)12(8(25-9)3-4-20)16-6-1-2-7(19(23)24)11-10(6)17-26-18-11/h1-2,8-9,12-14,16,20-22H,3-5H2. The number of nitro groups is 1. The average Bonchev–Trinajstić information content (AvgIpc) is 3.11. The van der Waals surface area contributed by atoms with Gasteiger partial charge in [0.2, 0.25) is 5.52 Å². The molecule has 0 spiro atoms. The molecule has 1 aliphatic rings. The summed E-state index contributed by atoms with van der Waals surface area (Å²) in [5.74, 6) is 0. The van der Waals surface area contributed by atoms with Gasteiger partial charge in [-0.1, -0.05) is 0 Å². The summed E-state index contributed by atoms with van der Waals surface area (Å²) in [6.07, 6.45) is -4.86. The monoisotopic (exact) mass is 372 g/mol. The van der Waals surface area contributed by atoms with E-state index in [0.29, 0.717) is 0 Å². The second-order valence-corrected chi connectivity index (χ2v) is 5.88. The van der Waals surface area contributed by atoms with Crippen LogP contribution in [0, 0.1) is 10.1 Å². The number of fused-ring (bicyclic) bond motifs is 1. The van der Waals surface area contributed by atoms with Gasteiger partial charge in [-0.15, -0.1) is 0 Å². The number of alkyl halides is 1. The number of hydrogen-bond donors (Lipinski definition) is 4. The molecule has 1 fully saturated rings. The number of aromatic nitrogens is 2. The number of nitrogens with zero attached hydrogens (tertiary/aromatic N) is 3. The van der Waals surface area contributed by atoms with Gasteiger partial charge in [-0.05, 0) is 22.8 Å². The summed E-state index contributed by atoms with van der Waals surface area (Å²) in [6, 6.07) is 1.61. The lowest BCUT2D eigenvalue weighted by molar-refractivity contribution is -0.383. The van der Waals surface area contributed by atoms with Crippen molar-refractivity contribution in [1.29, 1.82) is 0 Å². The Kier molecular flexibility index (Phi) is 5.27. The number of nitro benzene ring substituents is 1. The maximum atomic E-state index is 13.0. The van der Waals surface area contributed by atoms with E-state index in [2.05, 4.69) is 20.3 Å². The van der Waals surface area contributed by atoms with Crippen LogP contribution in [0.2, 0.25) is 0 Å². The molecule has 5 atom stereocenters. The van der Waals surface area contributed by atoms with E-state index in [0.717, 1.165) is 0 Å². The predicted octanol–water partition coefficient (Wildman–Crippen LogP) is -0.247. The van der Waals surface area contributed by atoms with Crippen LogP contribution in [0.1, 0.15) is 6.42 Å². The zero-order valence-electron chi connectivity index (χ0n) is 13.4. The minimum absolute atomic E-state index is 0.0521. The van der Waals surface area contributed by atoms with Gasteiger partial charge in [-0.3, -0.25) is 10.1 Å². The molecule has 2 aromatic rings. The number of anilines is 1. The summed E-state index contributed by atoms with van der Waals surface area (Å²) < 4.78 is 23.0. The quantitative estimate of drug-likeness (QED) is 0.392. The van der Waals surface area contributed by atoms with Crippen molar-refractivity contribution in [2.75, 3.05) is 18.6 Å². The van der Waals surface area contributed by atoms with Gasteiger partial charge in [0.1, 0.15) is 25.0 Å². The molecule has 1 aromatic heterocycles. The van der Waals surface area contributed by atoms with Crippen molar-refractivity contribution < 1.29 is 34.0 Å². The summed E-state index contributed by atoms with van der Waals surface area (Å²) >= 11 is 0. The number of ether oxygens (including phenoxy) is 1. The van der Waals surface area contributed by atoms with E-state index in [1.807, 2.05) is 0 Å². The van der Waals surface area contributed by atoms with Gasteiger partial charge in [-0.2, -0.15) is 0 Å². The van der Waals surface area contributed by atoms with Gasteiger partial charge in [0.25, 0.3) is 0 Å². The van der Waals surface area contributed by atoms with E-state index in [1.54, 1.807) is 0 Å². The van der Waals surface area contributed by atoms with E-state index in [1.165, 1.54) is 12.1 Å². The maximum Gasteiger partial charge on any atom is 0.300 e. The molecule has 12 heteroatoms. The molecule has 0 saturated carbocycles. The van der Waals surface area contributed by atoms with E-state index >= 15 is 0 Å². The lowest BCUT2D eigenvalue weighted by Crippen LogP contribution is -2.61. The molecule has 0 radical (unpaired) electrons. The number of hydrogen-bond acceptors (Lipinski definition) is 10. The third-order valence-corrected chi connectivity index (χ3v) is 4.33. The molecule has 1 aromatic carbocycles. The molecule has 26 heavy (non-hydrogen) atoms. The largest absolute Gasteiger partial charge is 0.396 e. The van der Waals surface area contributed by atoms with Crippen molar-refractivity contribution in [3.63, 3.8) is 0 Å². The van der Waals surface area contributed by atoms with Crippen LogP contribution in [0.3, 0.4) is 0 Å². The average molecular weight is 372 g/mol. The van der Waals surface area contributed by atoms with E-state index in [-0.39, 0.29) is 35.4 Å². The second kappa shape index (κ2) is 7.45. The Balaban J connectivity index is 1.93. The molecule has 0 amide bonds. The Morgan fingerprint density at radius 1 is 1.23 bits per heavy atom. The van der Waals surface area contributed by atoms with Crippen LogP contribution in [0.25, 0.3) is 11.0 Å². The Morgan fingerprint density at radius 2 is 1.96 bits per heavy atom. The van der Waals surface area contributed by atoms with Crippen molar-refractivity contribution in [2.45, 2.75) is 36.9 Å². The van der Waals surface area contributed by atoms with Crippen molar-refractivity contribution in [2.24, 2.45) is 0 Å². The molecule has 2 heterocycles. The minimum atomic E-state index is -1.49. The number of aliphatic hydroxyl groups is 3. The summed E-state index contributed by atoms with van der Waals surface area (Å²) in [5.41, 5.74) is -0.103. The molecule has 3 rings (SSSR count). The van der Waals surface area contributed by atoms with Gasteiger partial charge in [0.05, 0.1) is 22.8 Å². The fourth-order valence-corrected chi connectivity index (χ4v) is 3.02. The van der Waals surface area contributed by atoms with Crippen molar-refractivity contribution >= 4 is 22.4 Å². The summed E-state index contributed by atoms with van der Waals surface area (Å²) in [4.78, 5) is 10.4. The smallest absolute Gasteiger partial charge is 0.300 e. The highest BCUT2D eigenvalue weighted by Gasteiger charge is 2.44. The van der Waals surface area contributed by atoms with Crippen LogP contribution in [-0.4, -0.2) is 74.3 Å². The number of non-ortho nitro benzene ring substituents is 1. The van der Waals surface area contributed by atoms with Crippen LogP contribution < -0.4 is 5.32 Å². The van der Waals surface area contributed by atoms with Crippen molar-refractivity contribution in [3.8, 4) is 0 Å². The molecule has 1 aliphatic heterocycles. The van der Waals surface area contributed by atoms with Gasteiger partial charge >= 0.3 is 5.69 Å². The van der Waals surface area contributed by atoms with Gasteiger partial charge < -0.3 is 25.4 Å². The number of nitrogens with one attached hydrogen (secondary N) is 1. The first-order valence-electron chi connectivity index (χ1n) is 7.82. The van der Waals surface area contributed by atoms with Gasteiger partial charge in [-0.25, -0.2) is 9.02 Å². The zero-order valence-corrected chi connectivity index (χ0v) is 13.4. The third kappa shape index (κ3) is 3.19. The first kappa shape index (κ1) is 18.4. The van der Waals surface area contributed by atoms with Gasteiger partial charge in [0, 0.05) is 12.7 Å². The normalized spacial score (nSPS) is 29.0. The van der Waals surface area contributed by atoms with Crippen molar-refractivity contribution in [3.05, 3.63) is 22.2 Å². The topological polar surface area (TPSA) is 164 Å². The highest BCUT2D eigenvalue weighted by atomic mass is 19.1. The highest BCUT2D eigenvalue weighted by Crippen LogP contribution is 2.32. The van der Waals surface area contributed by atoms with Crippen LogP contribution in [0.4, 0.5) is 15.8 Å².